The SMILES string of the molecule is CCOc1ccc(NC(=O)[C@H]2[C@H]3C(=O)N([C@@H](CO)CC(C)C)C(C(=O)Nc4c(C)cccc4Cl)C34CC(C)[C@]2(C)O4)cc1. The number of aliphatic hydroxyl groups excluding tert-OH is 1. The molecular weight excluding hydrogens is 570 g/mol. The maximum absolute atomic E-state index is 14.5. The van der Waals surface area contributed by atoms with Crippen LogP contribution in [-0.4, -0.2) is 64.2 Å². The predicted octanol–water partition coefficient (Wildman–Crippen LogP) is 5.04. The number of carbonyl (C=O) groups excluding carboxylic acids is 3. The number of aliphatic hydroxyl groups is 1. The van der Waals surface area contributed by atoms with Crippen LogP contribution in [0.4, 0.5) is 11.4 Å². The van der Waals surface area contributed by atoms with Gasteiger partial charge in [0, 0.05) is 5.69 Å². The Morgan fingerprint density at radius 2 is 1.86 bits per heavy atom. The van der Waals surface area contributed by atoms with E-state index in [2.05, 4.69) is 10.6 Å². The van der Waals surface area contributed by atoms with Gasteiger partial charge in [-0.1, -0.05) is 44.5 Å². The van der Waals surface area contributed by atoms with Gasteiger partial charge in [0.2, 0.25) is 17.7 Å². The Balaban J connectivity index is 1.55. The molecule has 3 amide bonds. The van der Waals surface area contributed by atoms with Gasteiger partial charge in [-0.05, 0) is 81.3 Å². The van der Waals surface area contributed by atoms with E-state index < -0.39 is 41.0 Å². The fraction of sp³-hybridized carbons (Fsp3) is 0.545. The van der Waals surface area contributed by atoms with Crippen molar-refractivity contribution >= 4 is 40.7 Å². The Hall–Kier alpha value is -3.14. The first-order valence-corrected chi connectivity index (χ1v) is 15.5. The van der Waals surface area contributed by atoms with Crippen LogP contribution < -0.4 is 15.4 Å². The van der Waals surface area contributed by atoms with Crippen LogP contribution in [0.15, 0.2) is 42.5 Å². The number of amides is 3. The third-order valence-electron chi connectivity index (χ3n) is 9.53. The van der Waals surface area contributed by atoms with Crippen molar-refractivity contribution in [3.63, 3.8) is 0 Å². The molecule has 3 saturated heterocycles. The van der Waals surface area contributed by atoms with Crippen LogP contribution in [0.25, 0.3) is 0 Å². The normalized spacial score (nSPS) is 30.0. The molecule has 2 aromatic rings. The number of hydrogen-bond acceptors (Lipinski definition) is 6. The first kappa shape index (κ1) is 31.3. The molecule has 5 rings (SSSR count). The van der Waals surface area contributed by atoms with E-state index in [9.17, 15) is 19.5 Å². The number of nitrogens with zero attached hydrogens (tertiary/aromatic N) is 1. The molecular formula is C33H42ClN3O6. The summed E-state index contributed by atoms with van der Waals surface area (Å²) in [7, 11) is 0. The number of halogens is 1. The molecule has 3 aliphatic heterocycles. The molecule has 0 saturated carbocycles. The van der Waals surface area contributed by atoms with Gasteiger partial charge in [-0.3, -0.25) is 14.4 Å². The number of fused-ring (bicyclic) bond motifs is 1. The topological polar surface area (TPSA) is 117 Å². The van der Waals surface area contributed by atoms with Gasteiger partial charge >= 0.3 is 0 Å². The fourth-order valence-electron chi connectivity index (χ4n) is 7.59. The number of rotatable bonds is 10. The summed E-state index contributed by atoms with van der Waals surface area (Å²) in [4.78, 5) is 44.4. The van der Waals surface area contributed by atoms with E-state index in [0.29, 0.717) is 41.6 Å². The molecule has 2 bridgehead atoms. The monoisotopic (exact) mass is 611 g/mol. The van der Waals surface area contributed by atoms with Crippen molar-refractivity contribution < 1.29 is 29.0 Å². The first-order valence-electron chi connectivity index (χ1n) is 15.1. The molecule has 2 aromatic carbocycles. The highest BCUT2D eigenvalue weighted by molar-refractivity contribution is 6.34. The second kappa shape index (κ2) is 11.7. The number of para-hydroxylation sites is 1. The zero-order valence-electron chi connectivity index (χ0n) is 25.6. The molecule has 3 fully saturated rings. The van der Waals surface area contributed by atoms with Gasteiger partial charge < -0.3 is 30.1 Å². The van der Waals surface area contributed by atoms with Crippen LogP contribution in [0, 0.1) is 30.6 Å². The van der Waals surface area contributed by atoms with Gasteiger partial charge in [-0.15, -0.1) is 0 Å². The van der Waals surface area contributed by atoms with E-state index in [4.69, 9.17) is 21.1 Å². The largest absolute Gasteiger partial charge is 0.494 e. The Labute approximate surface area is 258 Å². The molecule has 1 spiro atoms. The summed E-state index contributed by atoms with van der Waals surface area (Å²) in [6.07, 6.45) is 0.901. The van der Waals surface area contributed by atoms with E-state index in [-0.39, 0.29) is 30.3 Å². The van der Waals surface area contributed by atoms with Crippen LogP contribution in [0.2, 0.25) is 5.02 Å². The summed E-state index contributed by atoms with van der Waals surface area (Å²) in [6, 6.07) is 10.7. The number of nitrogens with one attached hydrogen (secondary N) is 2. The molecule has 3 aliphatic rings. The number of benzene rings is 2. The molecule has 232 valence electrons. The lowest BCUT2D eigenvalue weighted by atomic mass is 9.62. The first-order chi connectivity index (χ1) is 20.4. The van der Waals surface area contributed by atoms with Crippen molar-refractivity contribution in [3.05, 3.63) is 53.1 Å². The standard InChI is InChI=1S/C33H42ClN3O6/c1-7-42-23-13-11-21(12-14-23)35-29(39)25-26-31(41)37(22(17-38)15-18(2)3)28(33(26)16-20(5)32(25,6)43-33)30(40)36-27-19(4)9-8-10-24(27)34/h8-14,18,20,22,25-26,28,38H,7,15-17H2,1-6H3,(H,35,39)(H,36,40)/t20?,22-,25-,26+,28?,32+,33?/m1/s1. The zero-order valence-corrected chi connectivity index (χ0v) is 26.4. The molecule has 3 heterocycles. The zero-order chi connectivity index (χ0) is 31.3. The lowest BCUT2D eigenvalue weighted by molar-refractivity contribution is -0.148. The highest BCUT2D eigenvalue weighted by atomic mass is 35.5. The molecule has 0 aromatic heterocycles. The number of carbonyl (C=O) groups is 3. The highest BCUT2D eigenvalue weighted by Crippen LogP contribution is 2.65. The van der Waals surface area contributed by atoms with E-state index in [1.165, 1.54) is 4.90 Å². The number of aryl methyl sites for hydroxylation is 1. The van der Waals surface area contributed by atoms with Crippen LogP contribution >= 0.6 is 11.6 Å². The number of likely N-dealkylation sites (tertiary alicyclic amines) is 1. The van der Waals surface area contributed by atoms with Gasteiger partial charge in [0.25, 0.3) is 0 Å². The van der Waals surface area contributed by atoms with Crippen molar-refractivity contribution in [1.82, 2.24) is 4.90 Å². The third-order valence-corrected chi connectivity index (χ3v) is 9.85. The Bertz CT molecular complexity index is 1380. The average molecular weight is 612 g/mol. The molecule has 0 aliphatic carbocycles. The second-order valence-electron chi connectivity index (χ2n) is 12.8. The maximum Gasteiger partial charge on any atom is 0.250 e. The lowest BCUT2D eigenvalue weighted by Crippen LogP contribution is -2.56. The smallest absolute Gasteiger partial charge is 0.250 e. The van der Waals surface area contributed by atoms with E-state index in [0.717, 1.165) is 5.56 Å². The van der Waals surface area contributed by atoms with Crippen molar-refractivity contribution in [2.75, 3.05) is 23.8 Å². The minimum atomic E-state index is -1.25. The quantitative estimate of drug-likeness (QED) is 0.346. The van der Waals surface area contributed by atoms with Crippen LogP contribution in [0.3, 0.4) is 0 Å². The van der Waals surface area contributed by atoms with Gasteiger partial charge in [0.05, 0.1) is 47.4 Å². The average Bonchev–Trinajstić information content (AvgIpc) is 3.47. The van der Waals surface area contributed by atoms with E-state index in [1.54, 1.807) is 36.4 Å². The third kappa shape index (κ3) is 5.19. The fourth-order valence-corrected chi connectivity index (χ4v) is 7.86. The summed E-state index contributed by atoms with van der Waals surface area (Å²) >= 11 is 6.48. The summed E-state index contributed by atoms with van der Waals surface area (Å²) < 4.78 is 12.3. The predicted molar refractivity (Wildman–Crippen MR) is 165 cm³/mol. The van der Waals surface area contributed by atoms with Gasteiger partial charge in [-0.2, -0.15) is 0 Å². The number of ether oxygens (including phenoxy) is 2. The van der Waals surface area contributed by atoms with Crippen molar-refractivity contribution in [2.24, 2.45) is 23.7 Å². The second-order valence-corrected chi connectivity index (χ2v) is 13.2. The van der Waals surface area contributed by atoms with E-state index in [1.807, 2.05) is 47.6 Å². The van der Waals surface area contributed by atoms with E-state index >= 15 is 0 Å². The van der Waals surface area contributed by atoms with Crippen molar-refractivity contribution in [3.8, 4) is 5.75 Å². The summed E-state index contributed by atoms with van der Waals surface area (Å²) in [5.74, 6) is -2.18. The molecule has 43 heavy (non-hydrogen) atoms. The number of anilines is 2. The Morgan fingerprint density at radius 3 is 2.47 bits per heavy atom. The van der Waals surface area contributed by atoms with Crippen molar-refractivity contribution in [2.45, 2.75) is 77.7 Å². The molecule has 3 unspecified atom stereocenters. The summed E-state index contributed by atoms with van der Waals surface area (Å²) in [5, 5.41) is 16.9. The lowest BCUT2D eigenvalue weighted by Gasteiger charge is -2.37. The summed E-state index contributed by atoms with van der Waals surface area (Å²) in [5.41, 5.74) is -0.428. The van der Waals surface area contributed by atoms with Gasteiger partial charge in [-0.25, -0.2) is 0 Å². The van der Waals surface area contributed by atoms with Crippen LogP contribution in [-0.2, 0) is 19.1 Å². The number of hydrogen-bond donors (Lipinski definition) is 3. The Kier molecular flexibility index (Phi) is 8.55. The molecule has 7 atom stereocenters. The summed E-state index contributed by atoms with van der Waals surface area (Å²) in [6.45, 7) is 11.8. The molecule has 9 nitrogen and oxygen atoms in total. The van der Waals surface area contributed by atoms with Crippen LogP contribution in [0.1, 0.15) is 53.0 Å². The minimum absolute atomic E-state index is 0.123. The van der Waals surface area contributed by atoms with Gasteiger partial charge in [0.1, 0.15) is 17.4 Å². The van der Waals surface area contributed by atoms with Crippen LogP contribution in [0.5, 0.6) is 5.75 Å². The highest BCUT2D eigenvalue weighted by Gasteiger charge is 2.80. The molecule has 3 N–H and O–H groups in total. The molecule has 0 radical (unpaired) electrons. The maximum atomic E-state index is 14.5. The van der Waals surface area contributed by atoms with Gasteiger partial charge in [0.15, 0.2) is 0 Å². The molecule has 10 heteroatoms. The minimum Gasteiger partial charge on any atom is -0.494 e. The Morgan fingerprint density at radius 1 is 1.16 bits per heavy atom. The van der Waals surface area contributed by atoms with Crippen molar-refractivity contribution in [1.29, 1.82) is 0 Å².